The number of halogens is 2. The van der Waals surface area contributed by atoms with Gasteiger partial charge >= 0.3 is 0 Å². The second-order valence-corrected chi connectivity index (χ2v) is 5.99. The first-order valence-corrected chi connectivity index (χ1v) is 8.03. The van der Waals surface area contributed by atoms with Crippen LogP contribution in [0.4, 0.5) is 0 Å². The van der Waals surface area contributed by atoms with Gasteiger partial charge in [0, 0.05) is 22.7 Å². The molecular weight excluding hydrogens is 293 g/mol. The van der Waals surface area contributed by atoms with Gasteiger partial charge in [-0.05, 0) is 50.9 Å². The zero-order valence-corrected chi connectivity index (χ0v) is 14.3. The third-order valence-corrected chi connectivity index (χ3v) is 4.39. The normalized spacial score (nSPS) is 15.9. The number of likely N-dealkylation sites (N-methyl/N-ethyl adjacent to an activating group) is 1. The number of hydrogen-bond acceptors (Lipinski definition) is 2. The summed E-state index contributed by atoms with van der Waals surface area (Å²) < 4.78 is 6.00. The molecule has 1 aromatic rings. The van der Waals surface area contributed by atoms with Crippen molar-refractivity contribution in [2.45, 2.75) is 52.2 Å². The van der Waals surface area contributed by atoms with Crippen molar-refractivity contribution in [1.82, 2.24) is 5.32 Å². The molecule has 0 fully saturated rings. The second-order valence-electron chi connectivity index (χ2n) is 5.15. The molecule has 4 heteroatoms. The lowest BCUT2D eigenvalue weighted by atomic mass is 9.88. The molecule has 0 heterocycles. The molecule has 0 aliphatic heterocycles. The van der Waals surface area contributed by atoms with Gasteiger partial charge in [-0.25, -0.2) is 0 Å². The first-order chi connectivity index (χ1) is 9.46. The molecule has 0 aromatic heterocycles. The first kappa shape index (κ1) is 17.8. The maximum absolute atomic E-state index is 6.29. The molecule has 1 N–H and O–H groups in total. The van der Waals surface area contributed by atoms with Gasteiger partial charge in [0.25, 0.3) is 0 Å². The first-order valence-electron chi connectivity index (χ1n) is 7.28. The molecule has 0 amide bonds. The van der Waals surface area contributed by atoms with Gasteiger partial charge in [-0.1, -0.05) is 43.1 Å². The standard InChI is InChI=1S/C16H25Cl2NO/c1-5-16(4,20-7-3)15(19-6-2)10-12-8-9-13(17)11-14(12)18/h8-9,11,15,19H,5-7,10H2,1-4H3. The Bertz CT molecular complexity index is 425. The summed E-state index contributed by atoms with van der Waals surface area (Å²) in [6, 6.07) is 5.90. The van der Waals surface area contributed by atoms with Gasteiger partial charge in [0.2, 0.25) is 0 Å². The summed E-state index contributed by atoms with van der Waals surface area (Å²) in [5.74, 6) is 0. The SMILES string of the molecule is CCNC(Cc1ccc(Cl)cc1Cl)C(C)(CC)OCC. The van der Waals surface area contributed by atoms with Crippen LogP contribution in [0.2, 0.25) is 10.0 Å². The fourth-order valence-electron chi connectivity index (χ4n) is 2.44. The van der Waals surface area contributed by atoms with Crippen molar-refractivity contribution in [3.05, 3.63) is 33.8 Å². The maximum atomic E-state index is 6.29. The monoisotopic (exact) mass is 317 g/mol. The van der Waals surface area contributed by atoms with E-state index in [-0.39, 0.29) is 11.6 Å². The highest BCUT2D eigenvalue weighted by Gasteiger charge is 2.33. The van der Waals surface area contributed by atoms with E-state index in [1.165, 1.54) is 0 Å². The molecule has 114 valence electrons. The minimum atomic E-state index is -0.201. The number of hydrogen-bond donors (Lipinski definition) is 1. The molecule has 2 unspecified atom stereocenters. The molecule has 0 saturated carbocycles. The third-order valence-electron chi connectivity index (χ3n) is 3.80. The highest BCUT2D eigenvalue weighted by atomic mass is 35.5. The Morgan fingerprint density at radius 2 is 1.95 bits per heavy atom. The van der Waals surface area contributed by atoms with Crippen LogP contribution in [0.25, 0.3) is 0 Å². The Labute approximate surface area is 132 Å². The zero-order chi connectivity index (χ0) is 15.2. The Morgan fingerprint density at radius 3 is 2.45 bits per heavy atom. The summed E-state index contributed by atoms with van der Waals surface area (Å²) in [6.45, 7) is 10.1. The number of nitrogens with one attached hydrogen (secondary N) is 1. The highest BCUT2D eigenvalue weighted by Crippen LogP contribution is 2.27. The van der Waals surface area contributed by atoms with Gasteiger partial charge in [0.1, 0.15) is 0 Å². The predicted molar refractivity (Wildman–Crippen MR) is 88.0 cm³/mol. The minimum absolute atomic E-state index is 0.201. The molecule has 2 nitrogen and oxygen atoms in total. The number of benzene rings is 1. The van der Waals surface area contributed by atoms with Crippen molar-refractivity contribution in [3.8, 4) is 0 Å². The molecule has 0 aliphatic rings. The van der Waals surface area contributed by atoms with Crippen molar-refractivity contribution in [1.29, 1.82) is 0 Å². The molecule has 0 radical (unpaired) electrons. The zero-order valence-electron chi connectivity index (χ0n) is 12.8. The van der Waals surface area contributed by atoms with Crippen LogP contribution in [0.15, 0.2) is 18.2 Å². The molecule has 0 saturated heterocycles. The van der Waals surface area contributed by atoms with Crippen molar-refractivity contribution in [3.63, 3.8) is 0 Å². The van der Waals surface area contributed by atoms with Crippen LogP contribution in [0.1, 0.15) is 39.7 Å². The van der Waals surface area contributed by atoms with Crippen LogP contribution in [0.5, 0.6) is 0 Å². The van der Waals surface area contributed by atoms with Gasteiger partial charge < -0.3 is 10.1 Å². The van der Waals surface area contributed by atoms with Crippen molar-refractivity contribution >= 4 is 23.2 Å². The maximum Gasteiger partial charge on any atom is 0.0807 e. The van der Waals surface area contributed by atoms with Crippen LogP contribution >= 0.6 is 23.2 Å². The van der Waals surface area contributed by atoms with Gasteiger partial charge in [-0.15, -0.1) is 0 Å². The van der Waals surface area contributed by atoms with Crippen molar-refractivity contribution in [2.75, 3.05) is 13.2 Å². The lowest BCUT2D eigenvalue weighted by molar-refractivity contribution is -0.0546. The summed E-state index contributed by atoms with van der Waals surface area (Å²) in [5.41, 5.74) is 0.898. The molecule has 1 aromatic carbocycles. The van der Waals surface area contributed by atoms with Gasteiger partial charge in [0.05, 0.1) is 5.60 Å². The van der Waals surface area contributed by atoms with E-state index in [4.69, 9.17) is 27.9 Å². The van der Waals surface area contributed by atoms with Crippen LogP contribution < -0.4 is 5.32 Å². The Morgan fingerprint density at radius 1 is 1.25 bits per heavy atom. The van der Waals surface area contributed by atoms with Crippen LogP contribution in [-0.2, 0) is 11.2 Å². The van der Waals surface area contributed by atoms with Gasteiger partial charge in [-0.3, -0.25) is 0 Å². The topological polar surface area (TPSA) is 21.3 Å². The smallest absolute Gasteiger partial charge is 0.0807 e. The summed E-state index contributed by atoms with van der Waals surface area (Å²) >= 11 is 12.2. The van der Waals surface area contributed by atoms with E-state index in [2.05, 4.69) is 26.1 Å². The predicted octanol–water partition coefficient (Wildman–Crippen LogP) is 4.72. The molecule has 0 bridgehead atoms. The van der Waals surface area contributed by atoms with E-state index in [9.17, 15) is 0 Å². The average Bonchev–Trinajstić information content (AvgIpc) is 2.41. The van der Waals surface area contributed by atoms with E-state index in [1.807, 2.05) is 19.1 Å². The third kappa shape index (κ3) is 4.63. The van der Waals surface area contributed by atoms with E-state index in [0.29, 0.717) is 11.6 Å². The van der Waals surface area contributed by atoms with Crippen molar-refractivity contribution < 1.29 is 4.74 Å². The Kier molecular flexibility index (Phi) is 7.32. The fraction of sp³-hybridized carbons (Fsp3) is 0.625. The summed E-state index contributed by atoms with van der Waals surface area (Å²) in [4.78, 5) is 0. The van der Waals surface area contributed by atoms with E-state index in [0.717, 1.165) is 30.0 Å². The van der Waals surface area contributed by atoms with Crippen LogP contribution in [0.3, 0.4) is 0 Å². The van der Waals surface area contributed by atoms with Crippen LogP contribution in [-0.4, -0.2) is 24.8 Å². The quantitative estimate of drug-likeness (QED) is 0.749. The minimum Gasteiger partial charge on any atom is -0.374 e. The largest absolute Gasteiger partial charge is 0.374 e. The van der Waals surface area contributed by atoms with Crippen LogP contribution in [0, 0.1) is 0 Å². The van der Waals surface area contributed by atoms with Gasteiger partial charge in [0.15, 0.2) is 0 Å². The van der Waals surface area contributed by atoms with Gasteiger partial charge in [-0.2, -0.15) is 0 Å². The molecule has 1 rings (SSSR count). The highest BCUT2D eigenvalue weighted by molar-refractivity contribution is 6.35. The van der Waals surface area contributed by atoms with E-state index in [1.54, 1.807) is 6.07 Å². The molecular formula is C16H25Cl2NO. The molecule has 0 aliphatic carbocycles. The molecule has 20 heavy (non-hydrogen) atoms. The lowest BCUT2D eigenvalue weighted by Gasteiger charge is -2.37. The number of ether oxygens (including phenoxy) is 1. The second kappa shape index (κ2) is 8.23. The summed E-state index contributed by atoms with van der Waals surface area (Å²) in [5, 5.41) is 4.92. The Balaban J connectivity index is 2.96. The van der Waals surface area contributed by atoms with E-state index >= 15 is 0 Å². The van der Waals surface area contributed by atoms with Crippen molar-refractivity contribution in [2.24, 2.45) is 0 Å². The average molecular weight is 318 g/mol. The fourth-order valence-corrected chi connectivity index (χ4v) is 2.92. The molecule has 2 atom stereocenters. The molecule has 0 spiro atoms. The number of rotatable bonds is 8. The lowest BCUT2D eigenvalue weighted by Crippen LogP contribution is -2.51. The Hall–Kier alpha value is -0.280. The summed E-state index contributed by atoms with van der Waals surface area (Å²) in [6.07, 6.45) is 1.78. The summed E-state index contributed by atoms with van der Waals surface area (Å²) in [7, 11) is 0. The van der Waals surface area contributed by atoms with E-state index < -0.39 is 0 Å².